The normalized spacial score (nSPS) is 14.7. The summed E-state index contributed by atoms with van der Waals surface area (Å²) >= 11 is 0. The van der Waals surface area contributed by atoms with Crippen molar-refractivity contribution in [2.45, 2.75) is 19.3 Å². The minimum Gasteiger partial charge on any atom is -0.497 e. The number of ether oxygens (including phenoxy) is 2. The minimum atomic E-state index is 0.0196. The van der Waals surface area contributed by atoms with Crippen LogP contribution in [0.25, 0.3) is 0 Å². The first kappa shape index (κ1) is 18.2. The van der Waals surface area contributed by atoms with Gasteiger partial charge in [-0.2, -0.15) is 0 Å². The van der Waals surface area contributed by atoms with E-state index in [1.54, 1.807) is 13.3 Å². The van der Waals surface area contributed by atoms with Crippen molar-refractivity contribution in [3.05, 3.63) is 48.2 Å². The number of methoxy groups -OCH3 is 1. The fourth-order valence-corrected chi connectivity index (χ4v) is 2.94. The molecule has 1 aromatic carbocycles. The number of pyridine rings is 1. The maximum Gasteiger partial charge on any atom is 0.228 e. The van der Waals surface area contributed by atoms with E-state index in [2.05, 4.69) is 21.7 Å². The number of nitrogens with zero attached hydrogens (tertiary/aromatic N) is 1. The fraction of sp³-hybridized carbons (Fsp3) is 0.400. The van der Waals surface area contributed by atoms with Crippen LogP contribution in [-0.4, -0.2) is 37.8 Å². The van der Waals surface area contributed by atoms with Crippen molar-refractivity contribution in [2.75, 3.05) is 37.5 Å². The van der Waals surface area contributed by atoms with Gasteiger partial charge in [0.25, 0.3) is 0 Å². The van der Waals surface area contributed by atoms with Gasteiger partial charge in [0.05, 0.1) is 19.0 Å². The number of carbonyl (C=O) groups is 1. The average Bonchev–Trinajstić information content (AvgIpc) is 2.70. The lowest BCUT2D eigenvalue weighted by atomic mass is 9.99. The number of amides is 1. The number of aromatic nitrogens is 1. The summed E-state index contributed by atoms with van der Waals surface area (Å²) in [6.45, 7) is 2.10. The summed E-state index contributed by atoms with van der Waals surface area (Å²) in [6.07, 6.45) is 4.18. The fourth-order valence-electron chi connectivity index (χ4n) is 2.94. The molecule has 0 bridgehead atoms. The van der Waals surface area contributed by atoms with Gasteiger partial charge >= 0.3 is 0 Å². The third kappa shape index (κ3) is 5.20. The number of rotatable bonds is 7. The van der Waals surface area contributed by atoms with Gasteiger partial charge in [-0.1, -0.05) is 12.1 Å². The van der Waals surface area contributed by atoms with Crippen LogP contribution >= 0.6 is 0 Å². The predicted octanol–water partition coefficient (Wildman–Crippen LogP) is 3.11. The monoisotopic (exact) mass is 355 g/mol. The summed E-state index contributed by atoms with van der Waals surface area (Å²) in [4.78, 5) is 16.5. The van der Waals surface area contributed by atoms with Crippen LogP contribution in [0, 0.1) is 5.92 Å². The van der Waals surface area contributed by atoms with Crippen LogP contribution in [0.1, 0.15) is 18.4 Å². The number of carbonyl (C=O) groups excluding carboxylic acids is 1. The molecular formula is C20H25N3O3. The molecule has 0 unspecified atom stereocenters. The zero-order valence-electron chi connectivity index (χ0n) is 15.0. The number of nitrogens with one attached hydrogen (secondary N) is 2. The molecule has 1 saturated heterocycles. The molecule has 1 fully saturated rings. The van der Waals surface area contributed by atoms with Gasteiger partial charge in [0.2, 0.25) is 5.91 Å². The largest absolute Gasteiger partial charge is 0.497 e. The van der Waals surface area contributed by atoms with E-state index in [4.69, 9.17) is 9.47 Å². The highest BCUT2D eigenvalue weighted by molar-refractivity contribution is 5.91. The lowest BCUT2D eigenvalue weighted by molar-refractivity contribution is -0.122. The molecule has 6 heteroatoms. The van der Waals surface area contributed by atoms with Crippen LogP contribution in [0.4, 0.5) is 11.5 Å². The third-order valence-corrected chi connectivity index (χ3v) is 4.48. The van der Waals surface area contributed by atoms with Crippen molar-refractivity contribution >= 4 is 17.4 Å². The van der Waals surface area contributed by atoms with Crippen molar-refractivity contribution < 1.29 is 14.3 Å². The van der Waals surface area contributed by atoms with Crippen LogP contribution in [0.2, 0.25) is 0 Å². The summed E-state index contributed by atoms with van der Waals surface area (Å²) < 4.78 is 10.5. The molecule has 1 aromatic heterocycles. The third-order valence-electron chi connectivity index (χ3n) is 4.48. The maximum absolute atomic E-state index is 12.2. The molecule has 1 amide bonds. The molecule has 26 heavy (non-hydrogen) atoms. The molecule has 0 spiro atoms. The van der Waals surface area contributed by atoms with Gasteiger partial charge in [0.15, 0.2) is 0 Å². The number of hydrogen-bond donors (Lipinski definition) is 2. The van der Waals surface area contributed by atoms with Gasteiger partial charge in [-0.05, 0) is 49.1 Å². The van der Waals surface area contributed by atoms with Crippen molar-refractivity contribution in [3.8, 4) is 5.75 Å². The van der Waals surface area contributed by atoms with Crippen LogP contribution < -0.4 is 15.4 Å². The molecule has 2 heterocycles. The van der Waals surface area contributed by atoms with Gasteiger partial charge in [0.1, 0.15) is 11.6 Å². The smallest absolute Gasteiger partial charge is 0.228 e. The summed E-state index contributed by atoms with van der Waals surface area (Å²) in [5.74, 6) is 1.50. The summed E-state index contributed by atoms with van der Waals surface area (Å²) in [5.41, 5.74) is 2.14. The number of benzene rings is 1. The predicted molar refractivity (Wildman–Crippen MR) is 102 cm³/mol. The zero-order chi connectivity index (χ0) is 18.2. The molecule has 0 radical (unpaired) electrons. The Hall–Kier alpha value is -2.60. The Morgan fingerprint density at radius 2 is 2.12 bits per heavy atom. The standard InChI is InChI=1S/C20H25N3O3/c1-25-18-4-2-3-15(13-18)7-10-21-17-5-6-19(22-14-17)23-20(24)16-8-11-26-12-9-16/h2-6,13-14,16,21H,7-12H2,1H3,(H,22,23,24). The second-order valence-electron chi connectivity index (χ2n) is 6.34. The van der Waals surface area contributed by atoms with Gasteiger partial charge < -0.3 is 20.1 Å². The SMILES string of the molecule is COc1cccc(CCNc2ccc(NC(=O)C3CCOCC3)nc2)c1. The Labute approximate surface area is 153 Å². The molecule has 0 aliphatic carbocycles. The molecule has 3 rings (SSSR count). The molecule has 2 aromatic rings. The Kier molecular flexibility index (Phi) is 6.44. The van der Waals surface area contributed by atoms with E-state index in [1.165, 1.54) is 5.56 Å². The summed E-state index contributed by atoms with van der Waals surface area (Å²) in [6, 6.07) is 11.8. The Bertz CT molecular complexity index is 712. The Balaban J connectivity index is 1.45. The molecule has 0 saturated carbocycles. The Morgan fingerprint density at radius 1 is 1.27 bits per heavy atom. The van der Waals surface area contributed by atoms with Crippen molar-refractivity contribution in [1.82, 2.24) is 4.98 Å². The quantitative estimate of drug-likeness (QED) is 0.798. The van der Waals surface area contributed by atoms with Gasteiger partial charge in [-0.3, -0.25) is 4.79 Å². The number of anilines is 2. The van der Waals surface area contributed by atoms with E-state index in [-0.39, 0.29) is 11.8 Å². The van der Waals surface area contributed by atoms with Gasteiger partial charge in [-0.25, -0.2) is 4.98 Å². The second-order valence-corrected chi connectivity index (χ2v) is 6.34. The van der Waals surface area contributed by atoms with Crippen LogP contribution in [0.15, 0.2) is 42.6 Å². The first-order valence-electron chi connectivity index (χ1n) is 8.96. The second kappa shape index (κ2) is 9.20. The molecule has 1 aliphatic rings. The van der Waals surface area contributed by atoms with E-state index in [9.17, 15) is 4.79 Å². The van der Waals surface area contributed by atoms with E-state index in [0.29, 0.717) is 19.0 Å². The van der Waals surface area contributed by atoms with E-state index in [0.717, 1.165) is 37.2 Å². The number of hydrogen-bond acceptors (Lipinski definition) is 5. The van der Waals surface area contributed by atoms with Crippen molar-refractivity contribution in [2.24, 2.45) is 5.92 Å². The van der Waals surface area contributed by atoms with Gasteiger partial charge in [0, 0.05) is 25.7 Å². The Morgan fingerprint density at radius 3 is 2.85 bits per heavy atom. The highest BCUT2D eigenvalue weighted by Crippen LogP contribution is 2.18. The van der Waals surface area contributed by atoms with Gasteiger partial charge in [-0.15, -0.1) is 0 Å². The van der Waals surface area contributed by atoms with Crippen LogP contribution in [0.5, 0.6) is 5.75 Å². The first-order valence-corrected chi connectivity index (χ1v) is 8.96. The first-order chi connectivity index (χ1) is 12.7. The average molecular weight is 355 g/mol. The lowest BCUT2D eigenvalue weighted by Crippen LogP contribution is -2.28. The lowest BCUT2D eigenvalue weighted by Gasteiger charge is -2.20. The summed E-state index contributed by atoms with van der Waals surface area (Å²) in [5, 5.41) is 6.23. The molecule has 2 N–H and O–H groups in total. The molecular weight excluding hydrogens is 330 g/mol. The summed E-state index contributed by atoms with van der Waals surface area (Å²) in [7, 11) is 1.67. The molecule has 0 atom stereocenters. The van der Waals surface area contributed by atoms with E-state index in [1.807, 2.05) is 30.3 Å². The highest BCUT2D eigenvalue weighted by Gasteiger charge is 2.21. The van der Waals surface area contributed by atoms with E-state index < -0.39 is 0 Å². The molecule has 6 nitrogen and oxygen atoms in total. The zero-order valence-corrected chi connectivity index (χ0v) is 15.0. The molecule has 138 valence electrons. The van der Waals surface area contributed by atoms with Crippen LogP contribution in [0.3, 0.4) is 0 Å². The van der Waals surface area contributed by atoms with Crippen LogP contribution in [-0.2, 0) is 16.0 Å². The van der Waals surface area contributed by atoms with Crippen molar-refractivity contribution in [3.63, 3.8) is 0 Å². The minimum absolute atomic E-state index is 0.0196. The van der Waals surface area contributed by atoms with E-state index >= 15 is 0 Å². The van der Waals surface area contributed by atoms with Crippen molar-refractivity contribution in [1.29, 1.82) is 0 Å². The molecule has 1 aliphatic heterocycles. The highest BCUT2D eigenvalue weighted by atomic mass is 16.5. The maximum atomic E-state index is 12.2. The topological polar surface area (TPSA) is 72.5 Å².